The Bertz CT molecular complexity index is 996. The molecule has 1 aliphatic heterocycles. The van der Waals surface area contributed by atoms with E-state index in [2.05, 4.69) is 34.2 Å². The molecule has 5 nitrogen and oxygen atoms in total. The van der Waals surface area contributed by atoms with Gasteiger partial charge in [-0.15, -0.1) is 12.4 Å². The molecular formula is C23H24ClN3O2. The maximum atomic E-state index is 12.1. The maximum Gasteiger partial charge on any atom is 0.225 e. The predicted octanol–water partition coefficient (Wildman–Crippen LogP) is 4.50. The quantitative estimate of drug-likeness (QED) is 0.636. The summed E-state index contributed by atoms with van der Waals surface area (Å²) in [7, 11) is 0. The molecule has 1 aliphatic carbocycles. The first-order chi connectivity index (χ1) is 13.8. The number of hydrogen-bond donors (Lipinski definition) is 0. The van der Waals surface area contributed by atoms with Crippen LogP contribution in [0.2, 0.25) is 0 Å². The van der Waals surface area contributed by atoms with E-state index in [-0.39, 0.29) is 18.5 Å². The van der Waals surface area contributed by atoms with Crippen molar-refractivity contribution in [2.75, 3.05) is 13.1 Å². The third-order valence-corrected chi connectivity index (χ3v) is 5.64. The van der Waals surface area contributed by atoms with Gasteiger partial charge in [0.25, 0.3) is 0 Å². The number of ether oxygens (including phenoxy) is 1. The van der Waals surface area contributed by atoms with Gasteiger partial charge in [-0.1, -0.05) is 18.2 Å². The highest BCUT2D eigenvalue weighted by Crippen LogP contribution is 2.32. The van der Waals surface area contributed by atoms with E-state index in [0.717, 1.165) is 60.8 Å². The van der Waals surface area contributed by atoms with Gasteiger partial charge in [-0.3, -0.25) is 9.78 Å². The van der Waals surface area contributed by atoms with Crippen LogP contribution in [-0.4, -0.2) is 40.0 Å². The van der Waals surface area contributed by atoms with Crippen molar-refractivity contribution in [2.45, 2.75) is 31.8 Å². The molecule has 3 aromatic rings. The Labute approximate surface area is 176 Å². The molecule has 3 heterocycles. The van der Waals surface area contributed by atoms with Gasteiger partial charge in [0, 0.05) is 61.3 Å². The van der Waals surface area contributed by atoms with Crippen LogP contribution in [0.25, 0.3) is 22.0 Å². The lowest BCUT2D eigenvalue weighted by Gasteiger charge is -2.32. The van der Waals surface area contributed by atoms with Crippen molar-refractivity contribution < 1.29 is 9.53 Å². The average molecular weight is 410 g/mol. The lowest BCUT2D eigenvalue weighted by atomic mass is 10.1. The molecule has 1 saturated heterocycles. The predicted molar refractivity (Wildman–Crippen MR) is 115 cm³/mol. The zero-order valence-corrected chi connectivity index (χ0v) is 17.0. The van der Waals surface area contributed by atoms with Gasteiger partial charge < -0.3 is 9.64 Å². The smallest absolute Gasteiger partial charge is 0.225 e. The number of halogens is 1. The van der Waals surface area contributed by atoms with Crippen molar-refractivity contribution in [3.8, 4) is 17.0 Å². The minimum atomic E-state index is 0. The Kier molecular flexibility index (Phi) is 5.67. The van der Waals surface area contributed by atoms with Crippen LogP contribution >= 0.6 is 12.4 Å². The highest BCUT2D eigenvalue weighted by molar-refractivity contribution is 5.85. The number of carbonyl (C=O) groups excluding carboxylic acids is 1. The molecule has 0 radical (unpaired) electrons. The Balaban J connectivity index is 0.00000205. The summed E-state index contributed by atoms with van der Waals surface area (Å²) in [4.78, 5) is 23.1. The Morgan fingerprint density at radius 1 is 0.966 bits per heavy atom. The second-order valence-corrected chi connectivity index (χ2v) is 7.71. The second kappa shape index (κ2) is 8.37. The number of rotatable bonds is 4. The molecular weight excluding hydrogens is 386 g/mol. The van der Waals surface area contributed by atoms with Crippen LogP contribution in [0.3, 0.4) is 0 Å². The summed E-state index contributed by atoms with van der Waals surface area (Å²) in [5.74, 6) is 1.29. The first kappa shape index (κ1) is 19.6. The molecule has 0 N–H and O–H groups in total. The summed E-state index contributed by atoms with van der Waals surface area (Å²) >= 11 is 0. The van der Waals surface area contributed by atoms with Gasteiger partial charge in [0.15, 0.2) is 0 Å². The number of nitrogens with zero attached hydrogens (tertiary/aromatic N) is 3. The van der Waals surface area contributed by atoms with E-state index in [9.17, 15) is 4.79 Å². The highest BCUT2D eigenvalue weighted by atomic mass is 35.5. The first-order valence-corrected chi connectivity index (χ1v) is 10.0. The fraction of sp³-hybridized carbons (Fsp3) is 0.348. The highest BCUT2D eigenvalue weighted by Gasteiger charge is 2.35. The van der Waals surface area contributed by atoms with E-state index in [4.69, 9.17) is 4.74 Å². The number of likely N-dealkylation sites (tertiary alicyclic amines) is 1. The standard InChI is InChI=1S/C23H23N3O2.ClH/c27-23(17-4-5-17)26-12-9-20(10-13-26)28-22-8-7-19(15-25-22)18-6-3-16-2-1-11-24-21(16)14-18;/h1-3,6-8,11,14-15,17,20H,4-5,9-10,12-13H2;1H. The maximum absolute atomic E-state index is 12.1. The van der Waals surface area contributed by atoms with Crippen LogP contribution in [0.4, 0.5) is 0 Å². The Hall–Kier alpha value is -2.66. The molecule has 2 aliphatic rings. The molecule has 1 amide bonds. The Morgan fingerprint density at radius 3 is 2.48 bits per heavy atom. The summed E-state index contributed by atoms with van der Waals surface area (Å²) in [5.41, 5.74) is 3.12. The molecule has 0 spiro atoms. The van der Waals surface area contributed by atoms with E-state index < -0.39 is 0 Å². The molecule has 150 valence electrons. The zero-order valence-electron chi connectivity index (χ0n) is 16.2. The summed E-state index contributed by atoms with van der Waals surface area (Å²) in [6.07, 6.45) is 7.68. The van der Waals surface area contributed by atoms with Crippen molar-refractivity contribution >= 4 is 29.2 Å². The number of carbonyl (C=O) groups is 1. The van der Waals surface area contributed by atoms with Gasteiger partial charge in [-0.05, 0) is 36.6 Å². The van der Waals surface area contributed by atoms with Gasteiger partial charge in [0.05, 0.1) is 5.52 Å². The minimum Gasteiger partial charge on any atom is -0.474 e. The van der Waals surface area contributed by atoms with Crippen LogP contribution in [-0.2, 0) is 4.79 Å². The van der Waals surface area contributed by atoms with Gasteiger partial charge in [0.2, 0.25) is 11.8 Å². The largest absolute Gasteiger partial charge is 0.474 e. The molecule has 0 bridgehead atoms. The third-order valence-electron chi connectivity index (χ3n) is 5.64. The molecule has 1 saturated carbocycles. The van der Waals surface area contributed by atoms with Crippen LogP contribution in [0, 0.1) is 5.92 Å². The van der Waals surface area contributed by atoms with Crippen molar-refractivity contribution in [2.24, 2.45) is 5.92 Å². The van der Waals surface area contributed by atoms with Crippen molar-refractivity contribution in [3.05, 3.63) is 54.9 Å². The molecule has 6 heteroatoms. The molecule has 0 unspecified atom stereocenters. The zero-order chi connectivity index (χ0) is 18.9. The normalized spacial score (nSPS) is 17.0. The Morgan fingerprint density at radius 2 is 1.76 bits per heavy atom. The number of fused-ring (bicyclic) bond motifs is 1. The van der Waals surface area contributed by atoms with Crippen LogP contribution in [0.15, 0.2) is 54.9 Å². The number of amides is 1. The van der Waals surface area contributed by atoms with Gasteiger partial charge in [0.1, 0.15) is 6.10 Å². The fourth-order valence-corrected chi connectivity index (χ4v) is 3.82. The van der Waals surface area contributed by atoms with E-state index in [0.29, 0.717) is 17.7 Å². The number of hydrogen-bond acceptors (Lipinski definition) is 4. The molecule has 2 aromatic heterocycles. The molecule has 29 heavy (non-hydrogen) atoms. The topological polar surface area (TPSA) is 55.3 Å². The number of pyridine rings is 2. The second-order valence-electron chi connectivity index (χ2n) is 7.71. The van der Waals surface area contributed by atoms with E-state index in [1.165, 1.54) is 0 Å². The van der Waals surface area contributed by atoms with E-state index >= 15 is 0 Å². The van der Waals surface area contributed by atoms with Crippen LogP contribution < -0.4 is 4.74 Å². The van der Waals surface area contributed by atoms with Crippen LogP contribution in [0.5, 0.6) is 5.88 Å². The molecule has 2 fully saturated rings. The van der Waals surface area contributed by atoms with Crippen LogP contribution in [0.1, 0.15) is 25.7 Å². The molecule has 0 atom stereocenters. The number of benzene rings is 1. The minimum absolute atomic E-state index is 0. The first-order valence-electron chi connectivity index (χ1n) is 10.0. The summed E-state index contributed by atoms with van der Waals surface area (Å²) in [6, 6.07) is 14.2. The monoisotopic (exact) mass is 409 g/mol. The number of aromatic nitrogens is 2. The molecule has 1 aromatic carbocycles. The van der Waals surface area contributed by atoms with Crippen molar-refractivity contribution in [1.82, 2.24) is 14.9 Å². The fourth-order valence-electron chi connectivity index (χ4n) is 3.82. The number of piperidine rings is 1. The van der Waals surface area contributed by atoms with E-state index in [1.54, 1.807) is 0 Å². The molecule has 5 rings (SSSR count). The van der Waals surface area contributed by atoms with Gasteiger partial charge in [-0.25, -0.2) is 4.98 Å². The summed E-state index contributed by atoms with van der Waals surface area (Å²) < 4.78 is 6.06. The summed E-state index contributed by atoms with van der Waals surface area (Å²) in [6.45, 7) is 1.59. The third kappa shape index (κ3) is 4.35. The lowest BCUT2D eigenvalue weighted by molar-refractivity contribution is -0.134. The van der Waals surface area contributed by atoms with E-state index in [1.807, 2.05) is 35.5 Å². The average Bonchev–Trinajstić information content (AvgIpc) is 3.59. The van der Waals surface area contributed by atoms with Crippen molar-refractivity contribution in [3.63, 3.8) is 0 Å². The SMILES string of the molecule is Cl.O=C(C1CC1)N1CCC(Oc2ccc(-c3ccc4cccnc4c3)cn2)CC1. The van der Waals surface area contributed by atoms with Gasteiger partial charge >= 0.3 is 0 Å². The van der Waals surface area contributed by atoms with Crippen molar-refractivity contribution in [1.29, 1.82) is 0 Å². The van der Waals surface area contributed by atoms with Gasteiger partial charge in [-0.2, -0.15) is 0 Å². The summed E-state index contributed by atoms with van der Waals surface area (Å²) in [5, 5.41) is 1.13. The lowest BCUT2D eigenvalue weighted by Crippen LogP contribution is -2.42.